The van der Waals surface area contributed by atoms with Gasteiger partial charge in [-0.3, -0.25) is 14.6 Å². The minimum absolute atomic E-state index is 0.365. The molecule has 2 atom stereocenters. The minimum Gasteiger partial charge on any atom is -0.392 e. The quantitative estimate of drug-likeness (QED) is 0.618. The third-order valence-electron chi connectivity index (χ3n) is 3.33. The van der Waals surface area contributed by atoms with Crippen LogP contribution >= 0.6 is 0 Å². The van der Waals surface area contributed by atoms with Crippen LogP contribution < -0.4 is 0 Å². The molecule has 0 aromatic heterocycles. The largest absolute Gasteiger partial charge is 0.392 e. The number of amides is 1. The zero-order valence-electron chi connectivity index (χ0n) is 12.0. The summed E-state index contributed by atoms with van der Waals surface area (Å²) >= 11 is 0. The Labute approximate surface area is 115 Å². The minimum atomic E-state index is -0.365. The molecule has 0 aliphatic carbocycles. The van der Waals surface area contributed by atoms with Gasteiger partial charge in [0.15, 0.2) is 0 Å². The standard InChI is InChI=1S/C13H27N3O3/c1-12(18)9-14-3-4-15(10-13(2)19)6-8-16(11-17)7-5-14/h11-13,18-19H,3-10H2,1-2H3/t12-,13-/m0/s1. The van der Waals surface area contributed by atoms with Gasteiger partial charge in [-0.2, -0.15) is 0 Å². The van der Waals surface area contributed by atoms with Gasteiger partial charge in [-0.15, -0.1) is 0 Å². The molecule has 6 nitrogen and oxygen atoms in total. The summed E-state index contributed by atoms with van der Waals surface area (Å²) < 4.78 is 0. The average Bonchev–Trinajstić information content (AvgIpc) is 2.41. The van der Waals surface area contributed by atoms with E-state index >= 15 is 0 Å². The van der Waals surface area contributed by atoms with Crippen molar-refractivity contribution in [2.45, 2.75) is 26.1 Å². The molecule has 0 aromatic carbocycles. The van der Waals surface area contributed by atoms with Gasteiger partial charge in [0.1, 0.15) is 0 Å². The van der Waals surface area contributed by atoms with Crippen molar-refractivity contribution in [3.63, 3.8) is 0 Å². The van der Waals surface area contributed by atoms with Gasteiger partial charge in [0.25, 0.3) is 0 Å². The molecule has 0 radical (unpaired) electrons. The van der Waals surface area contributed by atoms with Crippen LogP contribution in [0.3, 0.4) is 0 Å². The molecule has 6 heteroatoms. The molecule has 0 spiro atoms. The monoisotopic (exact) mass is 273 g/mol. The van der Waals surface area contributed by atoms with Crippen LogP contribution in [0.25, 0.3) is 0 Å². The molecular weight excluding hydrogens is 246 g/mol. The predicted molar refractivity (Wildman–Crippen MR) is 73.9 cm³/mol. The molecule has 2 N–H and O–H groups in total. The maximum absolute atomic E-state index is 11.0. The Balaban J connectivity index is 2.58. The molecule has 0 bridgehead atoms. The number of carbonyl (C=O) groups is 1. The molecule has 1 heterocycles. The first kappa shape index (κ1) is 16.4. The molecule has 0 unspecified atom stereocenters. The Morgan fingerprint density at radius 1 is 0.895 bits per heavy atom. The lowest BCUT2D eigenvalue weighted by molar-refractivity contribution is -0.118. The summed E-state index contributed by atoms with van der Waals surface area (Å²) in [7, 11) is 0. The first-order valence-corrected chi connectivity index (χ1v) is 7.01. The number of β-amino-alcohol motifs (C(OH)–C–C–N with tert-alkyl or cyclic N) is 2. The maximum atomic E-state index is 11.0. The van der Waals surface area contributed by atoms with Gasteiger partial charge in [0, 0.05) is 52.4 Å². The van der Waals surface area contributed by atoms with Gasteiger partial charge in [0.05, 0.1) is 12.2 Å². The Bertz CT molecular complexity index is 240. The van der Waals surface area contributed by atoms with Crippen LogP contribution in [0.2, 0.25) is 0 Å². The van der Waals surface area contributed by atoms with Gasteiger partial charge in [-0.05, 0) is 13.8 Å². The van der Waals surface area contributed by atoms with Gasteiger partial charge in [0.2, 0.25) is 6.41 Å². The maximum Gasteiger partial charge on any atom is 0.209 e. The second kappa shape index (κ2) is 8.47. The zero-order chi connectivity index (χ0) is 14.3. The molecule has 1 saturated heterocycles. The number of hydrogen-bond acceptors (Lipinski definition) is 5. The van der Waals surface area contributed by atoms with Crippen LogP contribution in [0.4, 0.5) is 0 Å². The highest BCUT2D eigenvalue weighted by Crippen LogP contribution is 2.01. The van der Waals surface area contributed by atoms with Crippen LogP contribution in [0.15, 0.2) is 0 Å². The summed E-state index contributed by atoms with van der Waals surface area (Å²) in [5, 5.41) is 19.0. The lowest BCUT2D eigenvalue weighted by Gasteiger charge is -2.27. The van der Waals surface area contributed by atoms with Gasteiger partial charge in [-0.25, -0.2) is 0 Å². The van der Waals surface area contributed by atoms with E-state index in [9.17, 15) is 15.0 Å². The number of aliphatic hydroxyl groups is 2. The Hall–Kier alpha value is -0.690. The van der Waals surface area contributed by atoms with Crippen molar-refractivity contribution < 1.29 is 15.0 Å². The zero-order valence-corrected chi connectivity index (χ0v) is 12.0. The second-order valence-electron chi connectivity index (χ2n) is 5.44. The molecule has 1 amide bonds. The van der Waals surface area contributed by atoms with E-state index < -0.39 is 0 Å². The highest BCUT2D eigenvalue weighted by atomic mass is 16.3. The van der Waals surface area contributed by atoms with E-state index in [0.717, 1.165) is 32.6 Å². The first-order chi connectivity index (χ1) is 9.01. The molecule has 1 aliphatic heterocycles. The van der Waals surface area contributed by atoms with Crippen molar-refractivity contribution in [2.75, 3.05) is 52.4 Å². The van der Waals surface area contributed by atoms with Gasteiger partial charge < -0.3 is 15.1 Å². The lowest BCUT2D eigenvalue weighted by Crippen LogP contribution is -2.41. The van der Waals surface area contributed by atoms with E-state index in [-0.39, 0.29) is 12.2 Å². The van der Waals surface area contributed by atoms with Gasteiger partial charge >= 0.3 is 0 Å². The molecule has 0 aromatic rings. The summed E-state index contributed by atoms with van der Waals surface area (Å²) in [5.74, 6) is 0. The number of rotatable bonds is 5. The molecule has 0 saturated carbocycles. The Morgan fingerprint density at radius 3 is 1.58 bits per heavy atom. The fourth-order valence-electron chi connectivity index (χ4n) is 2.38. The van der Waals surface area contributed by atoms with Crippen molar-refractivity contribution in [2.24, 2.45) is 0 Å². The highest BCUT2D eigenvalue weighted by molar-refractivity contribution is 5.46. The normalized spacial score (nSPS) is 23.3. The molecule has 1 rings (SSSR count). The molecule has 1 aliphatic rings. The molecule has 1 fully saturated rings. The van der Waals surface area contributed by atoms with Crippen LogP contribution in [-0.4, -0.2) is 95.9 Å². The second-order valence-corrected chi connectivity index (χ2v) is 5.44. The third-order valence-corrected chi connectivity index (χ3v) is 3.33. The van der Waals surface area contributed by atoms with E-state index in [1.807, 2.05) is 0 Å². The van der Waals surface area contributed by atoms with Crippen LogP contribution in [0, 0.1) is 0 Å². The third kappa shape index (κ3) is 6.87. The van der Waals surface area contributed by atoms with E-state index in [0.29, 0.717) is 26.2 Å². The molecular formula is C13H27N3O3. The van der Waals surface area contributed by atoms with Crippen molar-refractivity contribution in [1.82, 2.24) is 14.7 Å². The van der Waals surface area contributed by atoms with E-state index in [1.165, 1.54) is 0 Å². The SMILES string of the molecule is C[C@H](O)CN1CCN(C=O)CCN(C[C@H](C)O)CC1. The molecule has 19 heavy (non-hydrogen) atoms. The van der Waals surface area contributed by atoms with Crippen LogP contribution in [-0.2, 0) is 4.79 Å². The number of aliphatic hydroxyl groups excluding tert-OH is 2. The van der Waals surface area contributed by atoms with E-state index in [2.05, 4.69) is 9.80 Å². The fraction of sp³-hybridized carbons (Fsp3) is 0.923. The average molecular weight is 273 g/mol. The number of hydrogen-bond donors (Lipinski definition) is 2. The van der Waals surface area contributed by atoms with Crippen molar-refractivity contribution in [3.05, 3.63) is 0 Å². The summed E-state index contributed by atoms with van der Waals surface area (Å²) in [6.45, 7) is 9.45. The van der Waals surface area contributed by atoms with Crippen LogP contribution in [0.1, 0.15) is 13.8 Å². The lowest BCUT2D eigenvalue weighted by atomic mass is 10.3. The number of carbonyl (C=O) groups excluding carboxylic acids is 1. The fourth-order valence-corrected chi connectivity index (χ4v) is 2.38. The predicted octanol–water partition coefficient (Wildman–Crippen LogP) is -1.18. The smallest absolute Gasteiger partial charge is 0.209 e. The Kier molecular flexibility index (Phi) is 7.30. The summed E-state index contributed by atoms with van der Waals surface area (Å²) in [5.41, 5.74) is 0. The first-order valence-electron chi connectivity index (χ1n) is 7.01. The van der Waals surface area contributed by atoms with Crippen molar-refractivity contribution in [1.29, 1.82) is 0 Å². The van der Waals surface area contributed by atoms with Crippen molar-refractivity contribution in [3.8, 4) is 0 Å². The summed E-state index contributed by atoms with van der Waals surface area (Å²) in [6, 6.07) is 0. The van der Waals surface area contributed by atoms with E-state index in [1.54, 1.807) is 18.7 Å². The molecule has 112 valence electrons. The highest BCUT2D eigenvalue weighted by Gasteiger charge is 2.17. The van der Waals surface area contributed by atoms with Crippen LogP contribution in [0.5, 0.6) is 0 Å². The Morgan fingerprint density at radius 2 is 1.26 bits per heavy atom. The topological polar surface area (TPSA) is 67.2 Å². The summed E-state index contributed by atoms with van der Waals surface area (Å²) in [4.78, 5) is 17.1. The van der Waals surface area contributed by atoms with Crippen molar-refractivity contribution >= 4 is 6.41 Å². The summed E-state index contributed by atoms with van der Waals surface area (Å²) in [6.07, 6.45) is 0.151. The number of nitrogens with zero attached hydrogens (tertiary/aromatic N) is 3. The van der Waals surface area contributed by atoms with E-state index in [4.69, 9.17) is 0 Å². The van der Waals surface area contributed by atoms with Gasteiger partial charge in [-0.1, -0.05) is 0 Å².